The van der Waals surface area contributed by atoms with Crippen LogP contribution in [0.25, 0.3) is 0 Å². The molecule has 1 aliphatic heterocycles. The number of benzene rings is 1. The first-order valence-electron chi connectivity index (χ1n) is 4.52. The van der Waals surface area contributed by atoms with Gasteiger partial charge in [0.05, 0.1) is 5.69 Å². The molecule has 2 N–H and O–H groups in total. The molecule has 0 unspecified atom stereocenters. The van der Waals surface area contributed by atoms with Crippen molar-refractivity contribution < 1.29 is 4.39 Å². The van der Waals surface area contributed by atoms with Gasteiger partial charge in [0.2, 0.25) is 0 Å². The highest BCUT2D eigenvalue weighted by Crippen LogP contribution is 2.22. The second-order valence-corrected chi connectivity index (χ2v) is 3.45. The maximum Gasteiger partial charge on any atom is 0.146 e. The Labute approximate surface area is 77.2 Å². The van der Waals surface area contributed by atoms with Gasteiger partial charge in [-0.05, 0) is 18.6 Å². The lowest BCUT2D eigenvalue weighted by molar-refractivity contribution is 0.622. The van der Waals surface area contributed by atoms with Crippen LogP contribution in [-0.4, -0.2) is 19.1 Å². The molecule has 0 spiro atoms. The average Bonchev–Trinajstić information content (AvgIpc) is 2.53. The number of halogens is 1. The lowest BCUT2D eigenvalue weighted by Crippen LogP contribution is -2.26. The third-order valence-electron chi connectivity index (χ3n) is 2.42. The fourth-order valence-electron chi connectivity index (χ4n) is 1.71. The summed E-state index contributed by atoms with van der Waals surface area (Å²) in [6.07, 6.45) is 0.953. The van der Waals surface area contributed by atoms with E-state index in [0.717, 1.165) is 19.5 Å². The Morgan fingerprint density at radius 2 is 2.15 bits per heavy atom. The minimum atomic E-state index is -0.156. The molecule has 70 valence electrons. The molecule has 0 aliphatic carbocycles. The van der Waals surface area contributed by atoms with Gasteiger partial charge in [-0.3, -0.25) is 0 Å². The van der Waals surface area contributed by atoms with Crippen LogP contribution in [0.1, 0.15) is 6.42 Å². The summed E-state index contributed by atoms with van der Waals surface area (Å²) in [6, 6.07) is 7.03. The summed E-state index contributed by atoms with van der Waals surface area (Å²) in [5.41, 5.74) is 6.42. The standard InChI is InChI=1S/C10H13FN2/c11-9-3-1-2-4-10(9)13-6-5-8(12)7-13/h1-4,8H,5-7,12H2/t8-/m0/s1. The quantitative estimate of drug-likeness (QED) is 0.707. The Bertz CT molecular complexity index is 301. The number of rotatable bonds is 1. The van der Waals surface area contributed by atoms with Gasteiger partial charge in [-0.1, -0.05) is 12.1 Å². The first-order chi connectivity index (χ1) is 6.27. The van der Waals surface area contributed by atoms with E-state index < -0.39 is 0 Å². The molecule has 1 atom stereocenters. The molecule has 1 aliphatic rings. The van der Waals surface area contributed by atoms with Crippen LogP contribution in [0.5, 0.6) is 0 Å². The van der Waals surface area contributed by atoms with Gasteiger partial charge in [-0.2, -0.15) is 0 Å². The van der Waals surface area contributed by atoms with E-state index in [-0.39, 0.29) is 11.9 Å². The van der Waals surface area contributed by atoms with Gasteiger partial charge in [-0.25, -0.2) is 4.39 Å². The van der Waals surface area contributed by atoms with Gasteiger partial charge in [-0.15, -0.1) is 0 Å². The maximum absolute atomic E-state index is 13.3. The summed E-state index contributed by atoms with van der Waals surface area (Å²) in [5, 5.41) is 0. The zero-order valence-corrected chi connectivity index (χ0v) is 7.41. The van der Waals surface area contributed by atoms with Crippen molar-refractivity contribution in [2.45, 2.75) is 12.5 Å². The van der Waals surface area contributed by atoms with Crippen molar-refractivity contribution in [1.29, 1.82) is 0 Å². The lowest BCUT2D eigenvalue weighted by atomic mass is 10.3. The molecule has 1 fully saturated rings. The van der Waals surface area contributed by atoms with Crippen molar-refractivity contribution in [2.75, 3.05) is 18.0 Å². The average molecular weight is 180 g/mol. The molecule has 2 nitrogen and oxygen atoms in total. The second kappa shape index (κ2) is 3.34. The number of anilines is 1. The van der Waals surface area contributed by atoms with E-state index in [9.17, 15) is 4.39 Å². The molecule has 0 saturated carbocycles. The second-order valence-electron chi connectivity index (χ2n) is 3.45. The smallest absolute Gasteiger partial charge is 0.146 e. The Hall–Kier alpha value is -1.09. The monoisotopic (exact) mass is 180 g/mol. The predicted molar refractivity (Wildman–Crippen MR) is 51.2 cm³/mol. The van der Waals surface area contributed by atoms with E-state index in [1.807, 2.05) is 11.0 Å². The summed E-state index contributed by atoms with van der Waals surface area (Å²) in [7, 11) is 0. The molecular weight excluding hydrogens is 167 g/mol. The van der Waals surface area contributed by atoms with E-state index in [1.54, 1.807) is 12.1 Å². The minimum absolute atomic E-state index is 0.156. The fourth-order valence-corrected chi connectivity index (χ4v) is 1.71. The van der Waals surface area contributed by atoms with Gasteiger partial charge in [0, 0.05) is 19.1 Å². The van der Waals surface area contributed by atoms with Crippen LogP contribution in [0.3, 0.4) is 0 Å². The van der Waals surface area contributed by atoms with Crippen LogP contribution in [0.2, 0.25) is 0 Å². The van der Waals surface area contributed by atoms with E-state index >= 15 is 0 Å². The summed E-state index contributed by atoms with van der Waals surface area (Å²) >= 11 is 0. The zero-order chi connectivity index (χ0) is 9.26. The van der Waals surface area contributed by atoms with E-state index in [1.165, 1.54) is 6.07 Å². The highest BCUT2D eigenvalue weighted by molar-refractivity contribution is 5.48. The van der Waals surface area contributed by atoms with Crippen LogP contribution in [0.15, 0.2) is 24.3 Å². The van der Waals surface area contributed by atoms with Crippen molar-refractivity contribution in [3.05, 3.63) is 30.1 Å². The number of hydrogen-bond donors (Lipinski definition) is 1. The highest BCUT2D eigenvalue weighted by Gasteiger charge is 2.20. The SMILES string of the molecule is N[C@H]1CCN(c2ccccc2F)C1. The highest BCUT2D eigenvalue weighted by atomic mass is 19.1. The Balaban J connectivity index is 2.21. The molecular formula is C10H13FN2. The van der Waals surface area contributed by atoms with Crippen molar-refractivity contribution in [2.24, 2.45) is 5.73 Å². The Kier molecular flexibility index (Phi) is 2.19. The van der Waals surface area contributed by atoms with Gasteiger partial charge in [0.25, 0.3) is 0 Å². The summed E-state index contributed by atoms with van der Waals surface area (Å²) in [6.45, 7) is 1.63. The van der Waals surface area contributed by atoms with Crippen LogP contribution in [0.4, 0.5) is 10.1 Å². The fraction of sp³-hybridized carbons (Fsp3) is 0.400. The number of nitrogens with two attached hydrogens (primary N) is 1. The first-order valence-corrected chi connectivity index (χ1v) is 4.52. The van der Waals surface area contributed by atoms with Crippen molar-refractivity contribution in [3.63, 3.8) is 0 Å². The van der Waals surface area contributed by atoms with Gasteiger partial charge < -0.3 is 10.6 Å². The molecule has 3 heteroatoms. The summed E-state index contributed by atoms with van der Waals surface area (Å²) in [4.78, 5) is 2.00. The molecule has 0 amide bonds. The van der Waals surface area contributed by atoms with Crippen LogP contribution in [-0.2, 0) is 0 Å². The van der Waals surface area contributed by atoms with Crippen molar-refractivity contribution >= 4 is 5.69 Å². The number of nitrogens with zero attached hydrogens (tertiary/aromatic N) is 1. The van der Waals surface area contributed by atoms with Gasteiger partial charge >= 0.3 is 0 Å². The molecule has 1 aromatic carbocycles. The van der Waals surface area contributed by atoms with Crippen LogP contribution in [0, 0.1) is 5.82 Å². The molecule has 1 heterocycles. The summed E-state index contributed by atoms with van der Waals surface area (Å²) < 4.78 is 13.3. The molecule has 0 aromatic heterocycles. The zero-order valence-electron chi connectivity index (χ0n) is 7.41. The molecule has 0 bridgehead atoms. The van der Waals surface area contributed by atoms with Gasteiger partial charge in [0.1, 0.15) is 5.82 Å². The normalized spacial score (nSPS) is 22.3. The molecule has 0 radical (unpaired) electrons. The maximum atomic E-state index is 13.3. The molecule has 1 saturated heterocycles. The topological polar surface area (TPSA) is 29.3 Å². The lowest BCUT2D eigenvalue weighted by Gasteiger charge is -2.18. The van der Waals surface area contributed by atoms with Crippen LogP contribution >= 0.6 is 0 Å². The van der Waals surface area contributed by atoms with E-state index in [4.69, 9.17) is 5.73 Å². The van der Waals surface area contributed by atoms with Crippen molar-refractivity contribution in [3.8, 4) is 0 Å². The van der Waals surface area contributed by atoms with E-state index in [2.05, 4.69) is 0 Å². The molecule has 1 aromatic rings. The third-order valence-corrected chi connectivity index (χ3v) is 2.42. The summed E-state index contributed by atoms with van der Waals surface area (Å²) in [5.74, 6) is -0.156. The molecule has 2 rings (SSSR count). The van der Waals surface area contributed by atoms with Crippen molar-refractivity contribution in [1.82, 2.24) is 0 Å². The Morgan fingerprint density at radius 3 is 2.77 bits per heavy atom. The third kappa shape index (κ3) is 1.65. The number of hydrogen-bond acceptors (Lipinski definition) is 2. The minimum Gasteiger partial charge on any atom is -0.368 e. The van der Waals surface area contributed by atoms with E-state index in [0.29, 0.717) is 5.69 Å². The predicted octanol–water partition coefficient (Wildman–Crippen LogP) is 1.36. The van der Waals surface area contributed by atoms with Gasteiger partial charge in [0.15, 0.2) is 0 Å². The van der Waals surface area contributed by atoms with Crippen LogP contribution < -0.4 is 10.6 Å². The largest absolute Gasteiger partial charge is 0.368 e. The molecule has 13 heavy (non-hydrogen) atoms. The first kappa shape index (κ1) is 8.51. The Morgan fingerprint density at radius 1 is 1.38 bits per heavy atom. The number of para-hydroxylation sites is 1.